The van der Waals surface area contributed by atoms with Crippen molar-refractivity contribution in [3.8, 4) is 5.75 Å². The monoisotopic (exact) mass is 306 g/mol. The van der Waals surface area contributed by atoms with Crippen LogP contribution in [0.3, 0.4) is 0 Å². The van der Waals surface area contributed by atoms with Crippen molar-refractivity contribution in [2.45, 2.75) is 25.9 Å². The molecule has 1 saturated heterocycles. The summed E-state index contributed by atoms with van der Waals surface area (Å²) in [6.45, 7) is 4.11. The molecule has 0 saturated carbocycles. The molecule has 0 spiro atoms. The van der Waals surface area contributed by atoms with Gasteiger partial charge in [0, 0.05) is 13.6 Å². The fraction of sp³-hybridized carbons (Fsp3) is 0.500. The van der Waals surface area contributed by atoms with Crippen LogP contribution in [0.1, 0.15) is 24.2 Å². The molecule has 2 amide bonds. The molecule has 120 valence electrons. The van der Waals surface area contributed by atoms with Crippen molar-refractivity contribution >= 4 is 11.8 Å². The smallest absolute Gasteiger partial charge is 0.258 e. The highest BCUT2D eigenvalue weighted by molar-refractivity contribution is 6.00. The van der Waals surface area contributed by atoms with Gasteiger partial charge in [0.05, 0.1) is 24.8 Å². The van der Waals surface area contributed by atoms with Gasteiger partial charge in [-0.25, -0.2) is 0 Å². The number of amides is 2. The molecule has 22 heavy (non-hydrogen) atoms. The first-order valence-corrected chi connectivity index (χ1v) is 7.41. The van der Waals surface area contributed by atoms with E-state index in [1.807, 2.05) is 6.92 Å². The van der Waals surface area contributed by atoms with Gasteiger partial charge in [0.15, 0.2) is 0 Å². The van der Waals surface area contributed by atoms with E-state index in [1.165, 1.54) is 4.90 Å². The third-order valence-electron chi connectivity index (χ3n) is 3.89. The molecule has 1 N–H and O–H groups in total. The van der Waals surface area contributed by atoms with Gasteiger partial charge in [-0.1, -0.05) is 12.1 Å². The van der Waals surface area contributed by atoms with Crippen molar-refractivity contribution < 1.29 is 19.4 Å². The van der Waals surface area contributed by atoms with Crippen molar-refractivity contribution in [1.29, 1.82) is 0 Å². The maximum Gasteiger partial charge on any atom is 0.258 e. The fourth-order valence-corrected chi connectivity index (χ4v) is 2.80. The Labute approximate surface area is 130 Å². The van der Waals surface area contributed by atoms with Crippen LogP contribution in [-0.4, -0.2) is 65.6 Å². The fourth-order valence-electron chi connectivity index (χ4n) is 2.80. The number of piperazine rings is 1. The predicted octanol–water partition coefficient (Wildman–Crippen LogP) is 0.749. The number of benzene rings is 1. The SMILES string of the molecule is CCOc1ccccc1C(=O)N1[C@H](CO)CN(C)C(=O)[C@@H]1C. The highest BCUT2D eigenvalue weighted by Crippen LogP contribution is 2.24. The van der Waals surface area contributed by atoms with Crippen molar-refractivity contribution in [2.75, 3.05) is 26.8 Å². The molecule has 6 nitrogen and oxygen atoms in total. The maximum absolute atomic E-state index is 12.9. The number of hydrogen-bond acceptors (Lipinski definition) is 4. The van der Waals surface area contributed by atoms with Gasteiger partial charge in [0.1, 0.15) is 11.8 Å². The molecule has 1 heterocycles. The van der Waals surface area contributed by atoms with Crippen LogP contribution in [0.25, 0.3) is 0 Å². The van der Waals surface area contributed by atoms with Gasteiger partial charge in [-0.2, -0.15) is 0 Å². The average Bonchev–Trinajstić information content (AvgIpc) is 2.52. The summed E-state index contributed by atoms with van der Waals surface area (Å²) in [5.74, 6) is 0.0641. The molecule has 0 bridgehead atoms. The van der Waals surface area contributed by atoms with Crippen LogP contribution in [0.2, 0.25) is 0 Å². The van der Waals surface area contributed by atoms with Gasteiger partial charge in [0.2, 0.25) is 5.91 Å². The van der Waals surface area contributed by atoms with Crippen LogP contribution in [0, 0.1) is 0 Å². The number of carbonyl (C=O) groups is 2. The highest BCUT2D eigenvalue weighted by atomic mass is 16.5. The van der Waals surface area contributed by atoms with Crippen molar-refractivity contribution in [3.05, 3.63) is 29.8 Å². The van der Waals surface area contributed by atoms with Gasteiger partial charge >= 0.3 is 0 Å². The van der Waals surface area contributed by atoms with Crippen molar-refractivity contribution in [2.24, 2.45) is 0 Å². The molecule has 1 aliphatic rings. The van der Waals surface area contributed by atoms with Gasteiger partial charge in [-0.15, -0.1) is 0 Å². The summed E-state index contributed by atoms with van der Waals surface area (Å²) in [5.41, 5.74) is 0.409. The molecule has 0 aliphatic carbocycles. The number of nitrogens with zero attached hydrogens (tertiary/aromatic N) is 2. The lowest BCUT2D eigenvalue weighted by atomic mass is 10.0. The average molecular weight is 306 g/mol. The van der Waals surface area contributed by atoms with Crippen molar-refractivity contribution in [3.63, 3.8) is 0 Å². The number of likely N-dealkylation sites (N-methyl/N-ethyl adjacent to an activating group) is 1. The van der Waals surface area contributed by atoms with Gasteiger partial charge in [0.25, 0.3) is 5.91 Å². The Bertz CT molecular complexity index is 561. The second kappa shape index (κ2) is 6.79. The first-order chi connectivity index (χ1) is 10.5. The molecule has 6 heteroatoms. The molecule has 1 fully saturated rings. The molecular weight excluding hydrogens is 284 g/mol. The van der Waals surface area contributed by atoms with Crippen LogP contribution >= 0.6 is 0 Å². The number of carbonyl (C=O) groups excluding carboxylic acids is 2. The van der Waals surface area contributed by atoms with E-state index < -0.39 is 12.1 Å². The summed E-state index contributed by atoms with van der Waals surface area (Å²) in [6, 6.07) is 5.93. The number of para-hydroxylation sites is 1. The second-order valence-electron chi connectivity index (χ2n) is 5.37. The first kappa shape index (κ1) is 16.3. The normalized spacial score (nSPS) is 21.9. The van der Waals surface area contributed by atoms with Crippen LogP contribution in [0.5, 0.6) is 5.75 Å². The minimum Gasteiger partial charge on any atom is -0.493 e. The zero-order chi connectivity index (χ0) is 16.3. The van der Waals surface area contributed by atoms with Crippen LogP contribution in [0.4, 0.5) is 0 Å². The topological polar surface area (TPSA) is 70.1 Å². The van der Waals surface area contributed by atoms with Crippen LogP contribution in [-0.2, 0) is 4.79 Å². The Hall–Kier alpha value is -2.08. The van der Waals surface area contributed by atoms with E-state index in [-0.39, 0.29) is 18.4 Å². The van der Waals surface area contributed by atoms with E-state index in [0.29, 0.717) is 24.5 Å². The van der Waals surface area contributed by atoms with Crippen LogP contribution < -0.4 is 4.74 Å². The largest absolute Gasteiger partial charge is 0.493 e. The Kier molecular flexibility index (Phi) is 5.03. The second-order valence-corrected chi connectivity index (χ2v) is 5.37. The molecule has 0 aromatic heterocycles. The number of rotatable bonds is 4. The third kappa shape index (κ3) is 2.92. The summed E-state index contributed by atoms with van der Waals surface area (Å²) in [4.78, 5) is 28.1. The maximum atomic E-state index is 12.9. The van der Waals surface area contributed by atoms with E-state index in [2.05, 4.69) is 0 Å². The Morgan fingerprint density at radius 3 is 2.73 bits per heavy atom. The van der Waals surface area contributed by atoms with E-state index in [4.69, 9.17) is 4.74 Å². The lowest BCUT2D eigenvalue weighted by molar-refractivity contribution is -0.141. The molecule has 2 rings (SSSR count). The molecule has 1 aliphatic heterocycles. The number of hydrogen-bond donors (Lipinski definition) is 1. The molecular formula is C16H22N2O4. The first-order valence-electron chi connectivity index (χ1n) is 7.41. The molecule has 2 atom stereocenters. The number of aliphatic hydroxyl groups excluding tert-OH is 1. The van der Waals surface area contributed by atoms with Crippen molar-refractivity contribution in [1.82, 2.24) is 9.80 Å². The van der Waals surface area contributed by atoms with E-state index in [0.717, 1.165) is 0 Å². The lowest BCUT2D eigenvalue weighted by Crippen LogP contribution is -2.62. The number of aliphatic hydroxyl groups is 1. The van der Waals surface area contributed by atoms with Gasteiger partial charge in [-0.05, 0) is 26.0 Å². The zero-order valence-electron chi connectivity index (χ0n) is 13.2. The summed E-state index contributed by atoms with van der Waals surface area (Å²) < 4.78 is 5.50. The minimum atomic E-state index is -0.613. The minimum absolute atomic E-state index is 0.132. The van der Waals surface area contributed by atoms with E-state index in [9.17, 15) is 14.7 Å². The predicted molar refractivity (Wildman–Crippen MR) is 81.8 cm³/mol. The molecule has 1 aromatic rings. The number of ether oxygens (including phenoxy) is 1. The molecule has 0 unspecified atom stereocenters. The quantitative estimate of drug-likeness (QED) is 0.891. The Morgan fingerprint density at radius 1 is 1.41 bits per heavy atom. The third-order valence-corrected chi connectivity index (χ3v) is 3.89. The standard InChI is InChI=1S/C16H22N2O4/c1-4-22-14-8-6-5-7-13(14)16(21)18-11(2)15(20)17(3)9-12(18)10-19/h5-8,11-12,19H,4,9-10H2,1-3H3/t11-,12-/m0/s1. The molecule has 1 aromatic carbocycles. The molecule has 0 radical (unpaired) electrons. The summed E-state index contributed by atoms with van der Waals surface area (Å²) in [6.07, 6.45) is 0. The Morgan fingerprint density at radius 2 is 2.09 bits per heavy atom. The lowest BCUT2D eigenvalue weighted by Gasteiger charge is -2.43. The van der Waals surface area contributed by atoms with Crippen LogP contribution in [0.15, 0.2) is 24.3 Å². The zero-order valence-corrected chi connectivity index (χ0v) is 13.2. The summed E-state index contributed by atoms with van der Waals surface area (Å²) in [7, 11) is 1.68. The van der Waals surface area contributed by atoms with E-state index in [1.54, 1.807) is 43.1 Å². The van der Waals surface area contributed by atoms with Gasteiger partial charge < -0.3 is 19.6 Å². The van der Waals surface area contributed by atoms with Gasteiger partial charge in [-0.3, -0.25) is 9.59 Å². The summed E-state index contributed by atoms with van der Waals surface area (Å²) in [5, 5.41) is 9.59. The Balaban J connectivity index is 2.36. The summed E-state index contributed by atoms with van der Waals surface area (Å²) >= 11 is 0. The van der Waals surface area contributed by atoms with E-state index >= 15 is 0 Å². The highest BCUT2D eigenvalue weighted by Gasteiger charge is 2.40.